The van der Waals surface area contributed by atoms with E-state index < -0.39 is 5.41 Å². The van der Waals surface area contributed by atoms with Crippen LogP contribution in [0.1, 0.15) is 25.8 Å². The summed E-state index contributed by atoms with van der Waals surface area (Å²) in [5.74, 6) is 0.410. The van der Waals surface area contributed by atoms with E-state index in [4.69, 9.17) is 21.1 Å². The molecule has 0 aromatic heterocycles. The molecule has 1 unspecified atom stereocenters. The molecule has 1 aliphatic carbocycles. The third kappa shape index (κ3) is 1.69. The molecule has 1 aromatic rings. The fourth-order valence-corrected chi connectivity index (χ4v) is 2.94. The van der Waals surface area contributed by atoms with Gasteiger partial charge in [-0.2, -0.15) is 0 Å². The van der Waals surface area contributed by atoms with Crippen molar-refractivity contribution in [3.8, 4) is 5.75 Å². The van der Waals surface area contributed by atoms with Crippen LogP contribution in [0.25, 0.3) is 0 Å². The largest absolute Gasteiger partial charge is 0.495 e. The highest BCUT2D eigenvalue weighted by Crippen LogP contribution is 2.65. The maximum atomic E-state index is 12.1. The molecule has 4 heteroatoms. The summed E-state index contributed by atoms with van der Waals surface area (Å²) in [4.78, 5) is 12.1. The highest BCUT2D eigenvalue weighted by atomic mass is 35.5. The Kier molecular flexibility index (Phi) is 3.06. The third-order valence-electron chi connectivity index (χ3n) is 3.92. The van der Waals surface area contributed by atoms with Crippen LogP contribution in [0.4, 0.5) is 0 Å². The lowest BCUT2D eigenvalue weighted by atomic mass is 9.88. The van der Waals surface area contributed by atoms with Crippen LogP contribution in [0, 0.1) is 5.41 Å². The Morgan fingerprint density at radius 1 is 1.33 bits per heavy atom. The first kappa shape index (κ1) is 13.2. The molecule has 1 fully saturated rings. The minimum absolute atomic E-state index is 0.0992. The van der Waals surface area contributed by atoms with Gasteiger partial charge in [0.1, 0.15) is 5.75 Å². The van der Waals surface area contributed by atoms with Gasteiger partial charge in [0.25, 0.3) is 0 Å². The van der Waals surface area contributed by atoms with Crippen LogP contribution in [0.3, 0.4) is 0 Å². The fourth-order valence-electron chi connectivity index (χ4n) is 2.68. The van der Waals surface area contributed by atoms with E-state index in [-0.39, 0.29) is 11.4 Å². The molecule has 0 amide bonds. The van der Waals surface area contributed by atoms with Gasteiger partial charge in [-0.15, -0.1) is 0 Å². The van der Waals surface area contributed by atoms with Crippen LogP contribution >= 0.6 is 11.6 Å². The molecule has 1 saturated carbocycles. The smallest absolute Gasteiger partial charge is 0.316 e. The molecule has 0 radical (unpaired) electrons. The lowest BCUT2D eigenvalue weighted by molar-refractivity contribution is -0.144. The summed E-state index contributed by atoms with van der Waals surface area (Å²) in [6.45, 7) is 4.12. The number of rotatable bonds is 3. The zero-order chi connectivity index (χ0) is 13.6. The summed E-state index contributed by atoms with van der Waals surface area (Å²) in [5.41, 5.74) is 0.223. The molecule has 0 aliphatic heterocycles. The average molecular weight is 269 g/mol. The number of hydrogen-bond acceptors (Lipinski definition) is 3. The standard InChI is InChI=1S/C14H17ClO3/c1-13(2)8-14(13,12(16)18-4)9-5-6-11(17-3)10(15)7-9/h5-7H,8H2,1-4H3. The summed E-state index contributed by atoms with van der Waals surface area (Å²) >= 11 is 6.13. The van der Waals surface area contributed by atoms with Gasteiger partial charge in [-0.25, -0.2) is 0 Å². The minimum Gasteiger partial charge on any atom is -0.495 e. The quantitative estimate of drug-likeness (QED) is 0.790. The van der Waals surface area contributed by atoms with Gasteiger partial charge in [0.2, 0.25) is 0 Å². The number of carbonyl (C=O) groups is 1. The molecule has 1 aromatic carbocycles. The van der Waals surface area contributed by atoms with E-state index in [2.05, 4.69) is 13.8 Å². The van der Waals surface area contributed by atoms with Crippen LogP contribution in [0.15, 0.2) is 18.2 Å². The Balaban J connectivity index is 2.47. The second-order valence-corrected chi connectivity index (χ2v) is 5.71. The second-order valence-electron chi connectivity index (χ2n) is 5.31. The molecule has 1 atom stereocenters. The topological polar surface area (TPSA) is 35.5 Å². The van der Waals surface area contributed by atoms with Gasteiger partial charge in [-0.1, -0.05) is 31.5 Å². The zero-order valence-electron chi connectivity index (χ0n) is 11.0. The fraction of sp³-hybridized carbons (Fsp3) is 0.500. The van der Waals surface area contributed by atoms with Gasteiger partial charge < -0.3 is 9.47 Å². The van der Waals surface area contributed by atoms with Crippen molar-refractivity contribution < 1.29 is 14.3 Å². The molecule has 0 spiro atoms. The second kappa shape index (κ2) is 4.16. The maximum Gasteiger partial charge on any atom is 0.316 e. The molecule has 98 valence electrons. The molecule has 0 saturated heterocycles. The van der Waals surface area contributed by atoms with Crippen molar-refractivity contribution in [3.05, 3.63) is 28.8 Å². The van der Waals surface area contributed by atoms with Gasteiger partial charge >= 0.3 is 5.97 Å². The van der Waals surface area contributed by atoms with E-state index in [0.29, 0.717) is 10.8 Å². The Morgan fingerprint density at radius 3 is 2.33 bits per heavy atom. The predicted molar refractivity (Wildman–Crippen MR) is 70.1 cm³/mol. The summed E-state index contributed by atoms with van der Waals surface area (Å²) in [5, 5.41) is 0.515. The normalized spacial score (nSPS) is 24.5. The van der Waals surface area contributed by atoms with Crippen molar-refractivity contribution >= 4 is 17.6 Å². The third-order valence-corrected chi connectivity index (χ3v) is 4.21. The molecule has 2 rings (SSSR count). The molecule has 18 heavy (non-hydrogen) atoms. The lowest BCUT2D eigenvalue weighted by Gasteiger charge is -2.19. The zero-order valence-corrected chi connectivity index (χ0v) is 11.8. The number of esters is 1. The number of carbonyl (C=O) groups excluding carboxylic acids is 1. The maximum absolute atomic E-state index is 12.1. The van der Waals surface area contributed by atoms with E-state index in [9.17, 15) is 4.79 Å². The van der Waals surface area contributed by atoms with Gasteiger partial charge in [0.05, 0.1) is 24.7 Å². The van der Waals surface area contributed by atoms with Crippen molar-refractivity contribution in [2.45, 2.75) is 25.7 Å². The average Bonchev–Trinajstić information content (AvgIpc) is 2.92. The van der Waals surface area contributed by atoms with Gasteiger partial charge in [0.15, 0.2) is 0 Å². The highest BCUT2D eigenvalue weighted by molar-refractivity contribution is 6.32. The number of benzene rings is 1. The van der Waals surface area contributed by atoms with E-state index in [0.717, 1.165) is 12.0 Å². The van der Waals surface area contributed by atoms with Crippen LogP contribution < -0.4 is 4.74 Å². The van der Waals surface area contributed by atoms with Crippen molar-refractivity contribution in [2.75, 3.05) is 14.2 Å². The van der Waals surface area contributed by atoms with Gasteiger partial charge in [0, 0.05) is 0 Å². The van der Waals surface area contributed by atoms with Gasteiger partial charge in [-0.05, 0) is 29.5 Å². The Hall–Kier alpha value is -1.22. The molecule has 0 N–H and O–H groups in total. The Morgan fingerprint density at radius 2 is 1.94 bits per heavy atom. The minimum atomic E-state index is -0.572. The van der Waals surface area contributed by atoms with Crippen molar-refractivity contribution in [1.29, 1.82) is 0 Å². The van der Waals surface area contributed by atoms with Crippen LogP contribution in [-0.4, -0.2) is 20.2 Å². The molecule has 0 heterocycles. The number of methoxy groups -OCH3 is 2. The van der Waals surface area contributed by atoms with Crippen LogP contribution in [0.5, 0.6) is 5.75 Å². The molecular formula is C14H17ClO3. The van der Waals surface area contributed by atoms with E-state index in [1.807, 2.05) is 6.07 Å². The van der Waals surface area contributed by atoms with Gasteiger partial charge in [-0.3, -0.25) is 4.79 Å². The lowest BCUT2D eigenvalue weighted by Crippen LogP contribution is -2.27. The van der Waals surface area contributed by atoms with Crippen molar-refractivity contribution in [3.63, 3.8) is 0 Å². The van der Waals surface area contributed by atoms with E-state index in [1.165, 1.54) is 7.11 Å². The number of hydrogen-bond donors (Lipinski definition) is 0. The highest BCUT2D eigenvalue weighted by Gasteiger charge is 2.68. The molecular weight excluding hydrogens is 252 g/mol. The summed E-state index contributed by atoms with van der Waals surface area (Å²) in [6.07, 6.45) is 0.773. The number of halogens is 1. The van der Waals surface area contributed by atoms with E-state index in [1.54, 1.807) is 19.2 Å². The van der Waals surface area contributed by atoms with Crippen LogP contribution in [0.2, 0.25) is 5.02 Å². The first-order chi connectivity index (χ1) is 8.39. The van der Waals surface area contributed by atoms with Crippen molar-refractivity contribution in [2.24, 2.45) is 5.41 Å². The Bertz CT molecular complexity index is 496. The monoisotopic (exact) mass is 268 g/mol. The number of ether oxygens (including phenoxy) is 2. The predicted octanol–water partition coefficient (Wildman–Crippen LogP) is 3.19. The molecule has 3 nitrogen and oxygen atoms in total. The summed E-state index contributed by atoms with van der Waals surface area (Å²) < 4.78 is 10.1. The summed E-state index contributed by atoms with van der Waals surface area (Å²) in [6, 6.07) is 5.47. The Labute approximate surface area is 112 Å². The van der Waals surface area contributed by atoms with Crippen LogP contribution in [-0.2, 0) is 14.9 Å². The van der Waals surface area contributed by atoms with Crippen molar-refractivity contribution in [1.82, 2.24) is 0 Å². The first-order valence-corrected chi connectivity index (χ1v) is 6.19. The molecule has 1 aliphatic rings. The first-order valence-electron chi connectivity index (χ1n) is 5.81. The molecule has 0 bridgehead atoms. The SMILES string of the molecule is COC(=O)C1(c2ccc(OC)c(Cl)c2)CC1(C)C. The van der Waals surface area contributed by atoms with E-state index >= 15 is 0 Å². The summed E-state index contributed by atoms with van der Waals surface area (Å²) in [7, 11) is 2.99.